The summed E-state index contributed by atoms with van der Waals surface area (Å²) < 4.78 is 10.9. The Balaban J connectivity index is 1.48. The molecule has 0 aliphatic carbocycles. The molecule has 0 fully saturated rings. The van der Waals surface area contributed by atoms with Gasteiger partial charge in [0.05, 0.1) is 22.7 Å². The topological polar surface area (TPSA) is 114 Å². The number of amidine groups is 1. The monoisotopic (exact) mass is 474 g/mol. The molecule has 9 nitrogen and oxygen atoms in total. The molecule has 0 atom stereocenters. The highest BCUT2D eigenvalue weighted by atomic mass is 32.2. The van der Waals surface area contributed by atoms with Gasteiger partial charge in [-0.05, 0) is 42.5 Å². The first-order valence-electron chi connectivity index (χ1n) is 10.2. The van der Waals surface area contributed by atoms with E-state index in [1.54, 1.807) is 35.4 Å². The number of fused-ring (bicyclic) bond motifs is 1. The molecule has 0 bridgehead atoms. The van der Waals surface area contributed by atoms with Crippen molar-refractivity contribution in [2.75, 3.05) is 17.4 Å². The quantitative estimate of drug-likeness (QED) is 0.223. The van der Waals surface area contributed by atoms with Crippen LogP contribution in [0.4, 0.5) is 5.69 Å². The Morgan fingerprint density at radius 2 is 1.94 bits per heavy atom. The number of ether oxygens (including phenoxy) is 2. The molecule has 1 amide bonds. The van der Waals surface area contributed by atoms with Crippen LogP contribution in [-0.4, -0.2) is 35.5 Å². The molecule has 1 aliphatic rings. The fourth-order valence-corrected chi connectivity index (χ4v) is 3.81. The molecule has 10 heteroatoms. The summed E-state index contributed by atoms with van der Waals surface area (Å²) in [5, 5.41) is 8.53. The first-order chi connectivity index (χ1) is 16.7. The predicted molar refractivity (Wildman–Crippen MR) is 134 cm³/mol. The lowest BCUT2D eigenvalue weighted by molar-refractivity contribution is -0.118. The summed E-state index contributed by atoms with van der Waals surface area (Å²) in [5.74, 6) is 7.32. The highest BCUT2D eigenvalue weighted by molar-refractivity contribution is 8.03. The molecule has 34 heavy (non-hydrogen) atoms. The number of aromatic nitrogens is 1. The van der Waals surface area contributed by atoms with E-state index in [0.29, 0.717) is 33.6 Å². The van der Waals surface area contributed by atoms with E-state index in [1.807, 2.05) is 42.5 Å². The second-order valence-electron chi connectivity index (χ2n) is 6.92. The maximum absolute atomic E-state index is 12.3. The number of hydrazone groups is 2. The van der Waals surface area contributed by atoms with Gasteiger partial charge in [0.1, 0.15) is 0 Å². The number of thioether (sulfide) groups is 1. The van der Waals surface area contributed by atoms with Gasteiger partial charge in [-0.15, -0.1) is 0 Å². The van der Waals surface area contributed by atoms with Gasteiger partial charge in [-0.1, -0.05) is 42.6 Å². The van der Waals surface area contributed by atoms with Crippen molar-refractivity contribution in [3.8, 4) is 11.5 Å². The lowest BCUT2D eigenvalue weighted by atomic mass is 10.1. The molecular formula is C24H22N6O3S. The van der Waals surface area contributed by atoms with E-state index >= 15 is 0 Å². The molecule has 2 heterocycles. The van der Waals surface area contributed by atoms with Crippen LogP contribution in [0.25, 0.3) is 0 Å². The number of hydrogen-bond acceptors (Lipinski definition) is 8. The molecule has 3 N–H and O–H groups in total. The zero-order valence-electron chi connectivity index (χ0n) is 18.1. The Morgan fingerprint density at radius 3 is 2.71 bits per heavy atom. The van der Waals surface area contributed by atoms with Crippen molar-refractivity contribution >= 4 is 35.4 Å². The molecule has 4 rings (SSSR count). The SMILES string of the molecule is C=C(SCC(=O)N/N=C/c1ccccn1)N(/C(=N\N)c1ccc2c(c1)OCO2)c1ccccc1. The summed E-state index contributed by atoms with van der Waals surface area (Å²) >= 11 is 1.24. The Morgan fingerprint density at radius 1 is 1.15 bits per heavy atom. The third kappa shape index (κ3) is 5.54. The van der Waals surface area contributed by atoms with Crippen LogP contribution in [-0.2, 0) is 4.79 Å². The highest BCUT2D eigenvalue weighted by Gasteiger charge is 2.23. The molecule has 0 saturated carbocycles. The van der Waals surface area contributed by atoms with Gasteiger partial charge < -0.3 is 15.3 Å². The minimum atomic E-state index is -0.291. The number of para-hydroxylation sites is 1. The van der Waals surface area contributed by atoms with E-state index in [4.69, 9.17) is 15.3 Å². The van der Waals surface area contributed by atoms with E-state index in [1.165, 1.54) is 18.0 Å². The number of nitrogens with zero attached hydrogens (tertiary/aromatic N) is 4. The number of hydrogen-bond donors (Lipinski definition) is 2. The van der Waals surface area contributed by atoms with Crippen LogP contribution in [0, 0.1) is 0 Å². The fourth-order valence-electron chi connectivity index (χ4n) is 3.13. The first kappa shape index (κ1) is 22.9. The van der Waals surface area contributed by atoms with Gasteiger partial charge in [-0.3, -0.25) is 14.7 Å². The number of carbonyl (C=O) groups excluding carboxylic acids is 1. The molecule has 0 saturated heterocycles. The van der Waals surface area contributed by atoms with Crippen LogP contribution in [0.15, 0.2) is 94.7 Å². The van der Waals surface area contributed by atoms with Gasteiger partial charge in [-0.25, -0.2) is 5.43 Å². The normalized spacial score (nSPS) is 12.5. The van der Waals surface area contributed by atoms with Gasteiger partial charge in [0.25, 0.3) is 0 Å². The van der Waals surface area contributed by atoms with E-state index in [-0.39, 0.29) is 18.5 Å². The average Bonchev–Trinajstić information content (AvgIpc) is 3.35. The Hall–Kier alpha value is -4.31. The maximum atomic E-state index is 12.3. The molecule has 1 aromatic heterocycles. The van der Waals surface area contributed by atoms with Crippen LogP contribution in [0.2, 0.25) is 0 Å². The van der Waals surface area contributed by atoms with Crippen molar-refractivity contribution in [2.45, 2.75) is 0 Å². The molecule has 0 unspecified atom stereocenters. The number of carbonyl (C=O) groups is 1. The minimum absolute atomic E-state index is 0.0840. The third-order valence-corrected chi connectivity index (χ3v) is 5.59. The predicted octanol–water partition coefficient (Wildman–Crippen LogP) is 3.29. The second kappa shape index (κ2) is 11.0. The first-order valence-corrected chi connectivity index (χ1v) is 11.2. The summed E-state index contributed by atoms with van der Waals surface area (Å²) in [6.07, 6.45) is 3.13. The van der Waals surface area contributed by atoms with Crippen molar-refractivity contribution in [2.24, 2.45) is 16.0 Å². The Kier molecular flexibility index (Phi) is 7.41. The lowest BCUT2D eigenvalue weighted by Crippen LogP contribution is -2.31. The van der Waals surface area contributed by atoms with Crippen LogP contribution in [0.3, 0.4) is 0 Å². The number of rotatable bonds is 8. The minimum Gasteiger partial charge on any atom is -0.454 e. The average molecular weight is 475 g/mol. The molecule has 0 radical (unpaired) electrons. The van der Waals surface area contributed by atoms with Crippen LogP contribution >= 0.6 is 11.8 Å². The maximum Gasteiger partial charge on any atom is 0.250 e. The van der Waals surface area contributed by atoms with E-state index in [2.05, 4.69) is 27.2 Å². The lowest BCUT2D eigenvalue weighted by Gasteiger charge is -2.27. The highest BCUT2D eigenvalue weighted by Crippen LogP contribution is 2.34. The van der Waals surface area contributed by atoms with Crippen molar-refractivity contribution in [3.05, 3.63) is 95.8 Å². The van der Waals surface area contributed by atoms with Crippen molar-refractivity contribution in [3.63, 3.8) is 0 Å². The van der Waals surface area contributed by atoms with Crippen LogP contribution in [0.5, 0.6) is 11.5 Å². The van der Waals surface area contributed by atoms with Crippen molar-refractivity contribution in [1.82, 2.24) is 10.4 Å². The Bertz CT molecular complexity index is 1220. The number of benzene rings is 2. The van der Waals surface area contributed by atoms with Gasteiger partial charge >= 0.3 is 0 Å². The molecule has 3 aromatic rings. The standard InChI is InChI=1S/C24H22N6O3S/c1-17(34-15-23(31)29-27-14-19-7-5-6-12-26-19)30(20-8-3-2-4-9-20)24(28-25)18-10-11-21-22(13-18)33-16-32-21/h2-14H,1,15-16,25H2,(H,29,31)/b27-14+,28-24-. The molecule has 2 aromatic carbocycles. The van der Waals surface area contributed by atoms with Gasteiger partial charge in [-0.2, -0.15) is 10.2 Å². The largest absolute Gasteiger partial charge is 0.454 e. The number of nitrogens with two attached hydrogens (primary N) is 1. The van der Waals surface area contributed by atoms with Crippen LogP contribution < -0.4 is 25.6 Å². The smallest absolute Gasteiger partial charge is 0.250 e. The summed E-state index contributed by atoms with van der Waals surface area (Å²) in [7, 11) is 0. The summed E-state index contributed by atoms with van der Waals surface area (Å²) in [5.41, 5.74) is 4.63. The van der Waals surface area contributed by atoms with Gasteiger partial charge in [0, 0.05) is 17.4 Å². The van der Waals surface area contributed by atoms with Crippen molar-refractivity contribution < 1.29 is 14.3 Å². The van der Waals surface area contributed by atoms with E-state index in [0.717, 1.165) is 5.69 Å². The molecule has 0 spiro atoms. The number of anilines is 1. The Labute approximate surface area is 201 Å². The third-order valence-electron chi connectivity index (χ3n) is 4.67. The molecule has 172 valence electrons. The summed E-state index contributed by atoms with van der Waals surface area (Å²) in [6, 6.07) is 20.4. The second-order valence-corrected chi connectivity index (χ2v) is 7.97. The number of amides is 1. The zero-order chi connectivity index (χ0) is 23.8. The summed E-state index contributed by atoms with van der Waals surface area (Å²) in [4.78, 5) is 18.2. The fraction of sp³-hybridized carbons (Fsp3) is 0.0833. The van der Waals surface area contributed by atoms with Gasteiger partial charge in [0.15, 0.2) is 17.3 Å². The zero-order valence-corrected chi connectivity index (χ0v) is 18.9. The summed E-state index contributed by atoms with van der Waals surface area (Å²) in [6.45, 7) is 4.33. The van der Waals surface area contributed by atoms with Gasteiger partial charge in [0.2, 0.25) is 12.7 Å². The van der Waals surface area contributed by atoms with Crippen molar-refractivity contribution in [1.29, 1.82) is 0 Å². The molecule has 1 aliphatic heterocycles. The van der Waals surface area contributed by atoms with E-state index in [9.17, 15) is 4.79 Å². The number of nitrogens with one attached hydrogen (secondary N) is 1. The molecular weight excluding hydrogens is 452 g/mol. The van der Waals surface area contributed by atoms with Crippen LogP contribution in [0.1, 0.15) is 11.3 Å². The van der Waals surface area contributed by atoms with E-state index < -0.39 is 0 Å². The number of pyridine rings is 1.